The predicted molar refractivity (Wildman–Crippen MR) is 66.4 cm³/mol. The van der Waals surface area contributed by atoms with Crippen LogP contribution in [-0.2, 0) is 6.61 Å². The van der Waals surface area contributed by atoms with Crippen LogP contribution in [-0.4, -0.2) is 10.1 Å². The van der Waals surface area contributed by atoms with Gasteiger partial charge in [-0.15, -0.1) is 0 Å². The van der Waals surface area contributed by atoms with Crippen molar-refractivity contribution >= 4 is 11.6 Å². The van der Waals surface area contributed by atoms with Gasteiger partial charge in [0.05, 0.1) is 11.6 Å². The highest BCUT2D eigenvalue weighted by Gasteiger charge is 2.06. The Morgan fingerprint density at radius 1 is 1.39 bits per heavy atom. The SMILES string of the molecule is Cc1ccc(Oc2cc(CO)c(Cl)cn2)cc1F. The zero-order valence-electron chi connectivity index (χ0n) is 9.65. The largest absolute Gasteiger partial charge is 0.439 e. The van der Waals surface area contributed by atoms with Crippen molar-refractivity contribution in [1.82, 2.24) is 4.98 Å². The molecule has 2 aromatic rings. The molecule has 0 fully saturated rings. The van der Waals surface area contributed by atoms with E-state index in [4.69, 9.17) is 21.4 Å². The zero-order chi connectivity index (χ0) is 13.1. The molecule has 0 aliphatic carbocycles. The van der Waals surface area contributed by atoms with Crippen molar-refractivity contribution < 1.29 is 14.2 Å². The van der Waals surface area contributed by atoms with Crippen molar-refractivity contribution in [3.63, 3.8) is 0 Å². The standard InChI is InChI=1S/C13H11ClFNO2/c1-8-2-3-10(5-12(8)15)18-13-4-9(7-17)11(14)6-16-13/h2-6,17H,7H2,1H3. The molecule has 0 unspecified atom stereocenters. The molecule has 0 aliphatic heterocycles. The molecule has 1 N–H and O–H groups in total. The fraction of sp³-hybridized carbons (Fsp3) is 0.154. The number of aliphatic hydroxyl groups excluding tert-OH is 1. The fourth-order valence-corrected chi connectivity index (χ4v) is 1.56. The Morgan fingerprint density at radius 2 is 2.17 bits per heavy atom. The lowest BCUT2D eigenvalue weighted by Gasteiger charge is -2.07. The molecular weight excluding hydrogens is 257 g/mol. The summed E-state index contributed by atoms with van der Waals surface area (Å²) >= 11 is 5.81. The topological polar surface area (TPSA) is 42.4 Å². The molecule has 0 radical (unpaired) electrons. The number of rotatable bonds is 3. The van der Waals surface area contributed by atoms with E-state index in [1.807, 2.05) is 0 Å². The molecule has 0 saturated carbocycles. The third-order valence-electron chi connectivity index (χ3n) is 2.45. The van der Waals surface area contributed by atoms with Crippen molar-refractivity contribution in [3.8, 4) is 11.6 Å². The number of ether oxygens (including phenoxy) is 1. The number of nitrogens with zero attached hydrogens (tertiary/aromatic N) is 1. The minimum Gasteiger partial charge on any atom is -0.439 e. The van der Waals surface area contributed by atoms with Crippen LogP contribution in [0.15, 0.2) is 30.5 Å². The molecule has 94 valence electrons. The Morgan fingerprint density at radius 3 is 2.83 bits per heavy atom. The first-order valence-electron chi connectivity index (χ1n) is 5.29. The first-order chi connectivity index (χ1) is 8.60. The van der Waals surface area contributed by atoms with Gasteiger partial charge in [-0.2, -0.15) is 0 Å². The lowest BCUT2D eigenvalue weighted by atomic mass is 10.2. The number of halogens is 2. The van der Waals surface area contributed by atoms with Crippen LogP contribution in [0.4, 0.5) is 4.39 Å². The summed E-state index contributed by atoms with van der Waals surface area (Å²) in [7, 11) is 0. The van der Waals surface area contributed by atoms with Crippen LogP contribution in [0.5, 0.6) is 11.6 Å². The summed E-state index contributed by atoms with van der Waals surface area (Å²) in [5.74, 6) is 0.257. The Kier molecular flexibility index (Phi) is 3.79. The van der Waals surface area contributed by atoms with Crippen LogP contribution in [0.3, 0.4) is 0 Å². The third kappa shape index (κ3) is 2.78. The third-order valence-corrected chi connectivity index (χ3v) is 2.79. The van der Waals surface area contributed by atoms with E-state index in [1.165, 1.54) is 18.3 Å². The first-order valence-corrected chi connectivity index (χ1v) is 5.67. The van der Waals surface area contributed by atoms with Crippen LogP contribution >= 0.6 is 11.6 Å². The highest BCUT2D eigenvalue weighted by atomic mass is 35.5. The van der Waals surface area contributed by atoms with Crippen molar-refractivity contribution in [3.05, 3.63) is 52.4 Å². The molecular formula is C13H11ClFNO2. The number of hydrogen-bond acceptors (Lipinski definition) is 3. The number of pyridine rings is 1. The number of benzene rings is 1. The summed E-state index contributed by atoms with van der Waals surface area (Å²) in [5, 5.41) is 9.42. The Balaban J connectivity index is 2.25. The summed E-state index contributed by atoms with van der Waals surface area (Å²) in [6.07, 6.45) is 1.38. The van der Waals surface area contributed by atoms with Gasteiger partial charge in [0, 0.05) is 23.9 Å². The van der Waals surface area contributed by atoms with E-state index in [9.17, 15) is 4.39 Å². The maximum Gasteiger partial charge on any atom is 0.219 e. The number of aliphatic hydroxyl groups is 1. The van der Waals surface area contributed by atoms with Crippen LogP contribution in [0, 0.1) is 12.7 Å². The molecule has 1 heterocycles. The van der Waals surface area contributed by atoms with Crippen molar-refractivity contribution in [2.75, 3.05) is 0 Å². The maximum atomic E-state index is 13.3. The second kappa shape index (κ2) is 5.33. The minimum atomic E-state index is -0.344. The van der Waals surface area contributed by atoms with Crippen molar-refractivity contribution in [1.29, 1.82) is 0 Å². The molecule has 0 aliphatic rings. The average Bonchev–Trinajstić information content (AvgIpc) is 2.36. The molecule has 0 bridgehead atoms. The molecule has 1 aromatic heterocycles. The van der Waals surface area contributed by atoms with Gasteiger partial charge in [-0.25, -0.2) is 9.37 Å². The quantitative estimate of drug-likeness (QED) is 0.926. The number of hydrogen-bond donors (Lipinski definition) is 1. The highest BCUT2D eigenvalue weighted by molar-refractivity contribution is 6.31. The van der Waals surface area contributed by atoms with Gasteiger partial charge in [-0.3, -0.25) is 0 Å². The lowest BCUT2D eigenvalue weighted by Crippen LogP contribution is -1.93. The summed E-state index contributed by atoms with van der Waals surface area (Å²) in [6.45, 7) is 1.46. The second-order valence-corrected chi connectivity index (χ2v) is 4.19. The zero-order valence-corrected chi connectivity index (χ0v) is 10.4. The van der Waals surface area contributed by atoms with Crippen LogP contribution in [0.2, 0.25) is 5.02 Å². The van der Waals surface area contributed by atoms with Gasteiger partial charge in [0.15, 0.2) is 0 Å². The van der Waals surface area contributed by atoms with Gasteiger partial charge < -0.3 is 9.84 Å². The molecule has 18 heavy (non-hydrogen) atoms. The molecule has 0 spiro atoms. The molecule has 3 nitrogen and oxygen atoms in total. The van der Waals surface area contributed by atoms with Gasteiger partial charge in [0.2, 0.25) is 5.88 Å². The summed E-state index contributed by atoms with van der Waals surface area (Å²) in [4.78, 5) is 3.95. The lowest BCUT2D eigenvalue weighted by molar-refractivity contribution is 0.281. The van der Waals surface area contributed by atoms with E-state index in [0.29, 0.717) is 21.9 Å². The van der Waals surface area contributed by atoms with Gasteiger partial charge in [-0.1, -0.05) is 17.7 Å². The smallest absolute Gasteiger partial charge is 0.219 e. The molecule has 0 amide bonds. The van der Waals surface area contributed by atoms with Gasteiger partial charge >= 0.3 is 0 Å². The Labute approximate surface area is 109 Å². The average molecular weight is 268 g/mol. The normalized spacial score (nSPS) is 10.4. The number of aromatic nitrogens is 1. The van der Waals surface area contributed by atoms with E-state index in [2.05, 4.69) is 4.98 Å². The van der Waals surface area contributed by atoms with E-state index >= 15 is 0 Å². The predicted octanol–water partition coefficient (Wildman–Crippen LogP) is 3.47. The van der Waals surface area contributed by atoms with Crippen LogP contribution < -0.4 is 4.74 Å². The fourth-order valence-electron chi connectivity index (χ4n) is 1.39. The Bertz CT molecular complexity index is 575. The summed E-state index contributed by atoms with van der Waals surface area (Å²) < 4.78 is 18.7. The van der Waals surface area contributed by atoms with Crippen LogP contribution in [0.1, 0.15) is 11.1 Å². The van der Waals surface area contributed by atoms with Gasteiger partial charge in [0.25, 0.3) is 0 Å². The minimum absolute atomic E-state index is 0.208. The molecule has 0 saturated heterocycles. The summed E-state index contributed by atoms with van der Waals surface area (Å²) in [5.41, 5.74) is 1.05. The van der Waals surface area contributed by atoms with Gasteiger partial charge in [-0.05, 0) is 18.6 Å². The van der Waals surface area contributed by atoms with Crippen LogP contribution in [0.25, 0.3) is 0 Å². The first kappa shape index (κ1) is 12.8. The van der Waals surface area contributed by atoms with Gasteiger partial charge in [0.1, 0.15) is 11.6 Å². The molecule has 1 aromatic carbocycles. The maximum absolute atomic E-state index is 13.3. The molecule has 5 heteroatoms. The second-order valence-electron chi connectivity index (χ2n) is 3.79. The monoisotopic (exact) mass is 267 g/mol. The number of aryl methyl sites for hydroxylation is 1. The van der Waals surface area contributed by atoms with E-state index in [0.717, 1.165) is 0 Å². The van der Waals surface area contributed by atoms with E-state index < -0.39 is 0 Å². The van der Waals surface area contributed by atoms with Crippen molar-refractivity contribution in [2.45, 2.75) is 13.5 Å². The van der Waals surface area contributed by atoms with Crippen molar-refractivity contribution in [2.24, 2.45) is 0 Å². The Hall–Kier alpha value is -1.65. The van der Waals surface area contributed by atoms with E-state index in [-0.39, 0.29) is 18.3 Å². The highest BCUT2D eigenvalue weighted by Crippen LogP contribution is 2.25. The molecule has 2 rings (SSSR count). The molecule has 0 atom stereocenters. The van der Waals surface area contributed by atoms with E-state index in [1.54, 1.807) is 19.1 Å². The summed E-state index contributed by atoms with van der Waals surface area (Å²) in [6, 6.07) is 6.06.